The maximum Gasteiger partial charge on any atom is 0.409 e. The summed E-state index contributed by atoms with van der Waals surface area (Å²) in [7, 11) is 7.55. The number of rotatable bonds is 10. The number of aliphatic hydroxyl groups is 1. The van der Waals surface area contributed by atoms with E-state index >= 15 is 0 Å². The number of alkyl carbamates (subject to hydrolysis) is 1. The summed E-state index contributed by atoms with van der Waals surface area (Å²) in [5, 5.41) is 14.5. The molecule has 5 rings (SSSR count). The minimum absolute atomic E-state index is 0.104. The van der Waals surface area contributed by atoms with Crippen LogP contribution in [0.5, 0.6) is 5.75 Å². The molecule has 55 heavy (non-hydrogen) atoms. The zero-order valence-corrected chi connectivity index (χ0v) is 35.0. The highest BCUT2D eigenvalue weighted by molar-refractivity contribution is 7.81. The first kappa shape index (κ1) is 44.4. The van der Waals surface area contributed by atoms with Gasteiger partial charge >= 0.3 is 12.1 Å². The predicted octanol–water partition coefficient (Wildman–Crippen LogP) is 4.77. The molecule has 3 amide bonds. The molecule has 0 saturated carbocycles. The Morgan fingerprint density at radius 1 is 1.22 bits per heavy atom. The summed E-state index contributed by atoms with van der Waals surface area (Å²) < 4.78 is 34.2. The number of carbonyl (C=O) groups excluding carboxylic acids is 4. The third-order valence-corrected chi connectivity index (χ3v) is 11.5. The van der Waals surface area contributed by atoms with Crippen molar-refractivity contribution in [2.75, 3.05) is 46.9 Å². The van der Waals surface area contributed by atoms with Crippen LogP contribution < -0.4 is 15.0 Å². The first-order valence-corrected chi connectivity index (χ1v) is 19.0. The summed E-state index contributed by atoms with van der Waals surface area (Å²) in [5.74, 6) is -1.13. The van der Waals surface area contributed by atoms with E-state index in [4.69, 9.17) is 40.0 Å². The van der Waals surface area contributed by atoms with Crippen LogP contribution in [0.15, 0.2) is 35.9 Å². The fraction of sp³-hybridized carbons (Fsp3) is 0.641. The van der Waals surface area contributed by atoms with E-state index in [9.17, 15) is 24.3 Å². The summed E-state index contributed by atoms with van der Waals surface area (Å²) in [6.45, 7) is 9.09. The second-order valence-corrected chi connectivity index (χ2v) is 17.1. The molecule has 4 heterocycles. The molecule has 14 nitrogen and oxygen atoms in total. The van der Waals surface area contributed by atoms with Crippen molar-refractivity contribution in [3.8, 4) is 5.75 Å². The van der Waals surface area contributed by atoms with Gasteiger partial charge in [0.05, 0.1) is 25.8 Å². The Balaban J connectivity index is 1.72. The summed E-state index contributed by atoms with van der Waals surface area (Å²) in [5.41, 5.74) is -2.19. The van der Waals surface area contributed by atoms with Crippen molar-refractivity contribution in [1.82, 2.24) is 10.2 Å². The molecule has 0 aromatic heterocycles. The predicted molar refractivity (Wildman–Crippen MR) is 210 cm³/mol. The smallest absolute Gasteiger partial charge is 0.409 e. The number of hydrogen-bond acceptors (Lipinski definition) is 12. The molecule has 1 aromatic rings. The van der Waals surface area contributed by atoms with Gasteiger partial charge in [-0.25, -0.2) is 9.59 Å². The minimum Gasteiger partial charge on any atom is -0.495 e. The van der Waals surface area contributed by atoms with Gasteiger partial charge in [-0.3, -0.25) is 14.9 Å². The topological polar surface area (TPSA) is 162 Å². The van der Waals surface area contributed by atoms with E-state index in [1.165, 1.54) is 31.1 Å². The number of nitrogens with zero attached hydrogens (tertiary/aromatic N) is 2. The van der Waals surface area contributed by atoms with Crippen molar-refractivity contribution in [3.05, 3.63) is 46.5 Å². The van der Waals surface area contributed by atoms with E-state index < -0.39 is 64.0 Å². The first-order valence-electron chi connectivity index (χ1n) is 18.2. The van der Waals surface area contributed by atoms with E-state index in [0.29, 0.717) is 30.9 Å². The normalized spacial score (nSPS) is 31.7. The highest BCUT2D eigenvalue weighted by Gasteiger charge is 2.63. The minimum atomic E-state index is -1.86. The van der Waals surface area contributed by atoms with Crippen LogP contribution in [0.4, 0.5) is 10.5 Å². The summed E-state index contributed by atoms with van der Waals surface area (Å²) >= 11 is 11.4. The molecule has 0 radical (unpaired) electrons. The number of thiol groups is 1. The van der Waals surface area contributed by atoms with Gasteiger partial charge in [0.2, 0.25) is 11.8 Å². The fourth-order valence-electron chi connectivity index (χ4n) is 7.45. The SMILES string of the molecule is COCC(C)(S)CCC(=O)N(C)[C@H](C)C(=O)O[C@H]1CC(=O)N(C)c2cc(cc(OC)c2Cl)C/C(C)=C/C=C/[C@@H](OC)[C@@]2(O)C[C@H](OC(=O)N2)C2(C)C[C@@]1(C)O2. The van der Waals surface area contributed by atoms with Crippen molar-refractivity contribution in [3.63, 3.8) is 0 Å². The van der Waals surface area contributed by atoms with Crippen LogP contribution in [0, 0.1) is 0 Å². The molecule has 2 saturated heterocycles. The molecular formula is C39H56ClN3O11S. The lowest BCUT2D eigenvalue weighted by atomic mass is 9.72. The molecule has 2 unspecified atom stereocenters. The Labute approximate surface area is 334 Å². The van der Waals surface area contributed by atoms with Gasteiger partial charge in [0.15, 0.2) is 5.72 Å². The number of nitrogens with one attached hydrogen (secondary N) is 1. The average Bonchev–Trinajstić information content (AvgIpc) is 3.10. The quantitative estimate of drug-likeness (QED) is 0.221. The number of halogens is 1. The summed E-state index contributed by atoms with van der Waals surface area (Å²) in [4.78, 5) is 56.8. The molecule has 16 heteroatoms. The molecule has 0 spiro atoms. The van der Waals surface area contributed by atoms with Crippen LogP contribution in [-0.4, -0.2) is 122 Å². The molecule has 2 N–H and O–H groups in total. The number of methoxy groups -OCH3 is 3. The second kappa shape index (κ2) is 17.4. The third-order valence-electron chi connectivity index (χ3n) is 10.8. The Bertz CT molecular complexity index is 1680. The zero-order chi connectivity index (χ0) is 41.1. The highest BCUT2D eigenvalue weighted by atomic mass is 35.5. The van der Waals surface area contributed by atoms with Gasteiger partial charge in [-0.05, 0) is 65.2 Å². The molecule has 2 fully saturated rings. The van der Waals surface area contributed by atoms with Gasteiger partial charge in [0, 0.05) is 52.3 Å². The van der Waals surface area contributed by atoms with Gasteiger partial charge in [0.25, 0.3) is 0 Å². The maximum atomic E-state index is 14.2. The molecule has 1 aromatic carbocycles. The Hall–Kier alpha value is -3.34. The molecule has 0 aliphatic carbocycles. The second-order valence-electron chi connectivity index (χ2n) is 15.6. The van der Waals surface area contributed by atoms with Gasteiger partial charge in [-0.15, -0.1) is 0 Å². The lowest BCUT2D eigenvalue weighted by Crippen LogP contribution is -2.72. The average molecular weight is 810 g/mol. The largest absolute Gasteiger partial charge is 0.495 e. The van der Waals surface area contributed by atoms with Crippen molar-refractivity contribution < 1.29 is 52.7 Å². The van der Waals surface area contributed by atoms with Crippen LogP contribution in [-0.2, 0) is 44.5 Å². The van der Waals surface area contributed by atoms with Crippen molar-refractivity contribution >= 4 is 53.8 Å². The number of anilines is 1. The summed E-state index contributed by atoms with van der Waals surface area (Å²) in [6, 6.07) is 2.56. The fourth-order valence-corrected chi connectivity index (χ4v) is 8.00. The van der Waals surface area contributed by atoms with Crippen LogP contribution in [0.2, 0.25) is 5.02 Å². The Morgan fingerprint density at radius 3 is 2.51 bits per heavy atom. The number of fused-ring (bicyclic) bond motifs is 6. The first-order chi connectivity index (χ1) is 25.6. The van der Waals surface area contributed by atoms with E-state index in [2.05, 4.69) is 17.9 Å². The number of amides is 3. The number of benzene rings is 1. The van der Waals surface area contributed by atoms with E-state index in [1.807, 2.05) is 19.9 Å². The van der Waals surface area contributed by atoms with E-state index in [0.717, 1.165) is 11.1 Å². The van der Waals surface area contributed by atoms with Gasteiger partial charge < -0.3 is 43.3 Å². The number of ether oxygens (including phenoxy) is 6. The molecule has 6 bridgehead atoms. The van der Waals surface area contributed by atoms with Crippen LogP contribution in [0.25, 0.3) is 0 Å². The lowest BCUT2D eigenvalue weighted by Gasteiger charge is -2.59. The van der Waals surface area contributed by atoms with Gasteiger partial charge in [-0.2, -0.15) is 12.6 Å². The van der Waals surface area contributed by atoms with E-state index in [1.54, 1.807) is 59.2 Å². The highest BCUT2D eigenvalue weighted by Crippen LogP contribution is 2.50. The maximum absolute atomic E-state index is 14.2. The van der Waals surface area contributed by atoms with E-state index in [-0.39, 0.29) is 36.6 Å². The number of carbonyl (C=O) groups is 4. The molecule has 4 aliphatic rings. The zero-order valence-electron chi connectivity index (χ0n) is 33.4. The number of hydrogen-bond donors (Lipinski definition) is 3. The number of allylic oxidation sites excluding steroid dienone is 3. The molecule has 8 atom stereocenters. The summed E-state index contributed by atoms with van der Waals surface area (Å²) in [6.07, 6.45) is 1.98. The van der Waals surface area contributed by atoms with Gasteiger partial charge in [0.1, 0.15) is 46.3 Å². The Morgan fingerprint density at radius 2 is 1.89 bits per heavy atom. The monoisotopic (exact) mass is 809 g/mol. The van der Waals surface area contributed by atoms with Gasteiger partial charge in [-0.1, -0.05) is 35.4 Å². The Kier molecular flexibility index (Phi) is 14.1. The molecule has 4 aliphatic heterocycles. The van der Waals surface area contributed by atoms with Crippen LogP contribution >= 0.6 is 24.2 Å². The molecular weight excluding hydrogens is 754 g/mol. The lowest BCUT2D eigenvalue weighted by molar-refractivity contribution is -0.328. The standard InChI is InChI=1S/C39H56ClN3O11S/c1-23-12-11-13-28(51-10)39(48)20-30(53-35(47)41-39)38(5)21-37(4,54-38)29(19-32(45)43(7)26-17-25(16-23)18-27(50-9)33(26)40)52-34(46)24(2)42(6)31(44)14-15-36(3,55)22-49-8/h11-13,17-18,24,28-30,48,55H,14-16,19-22H2,1-10H3,(H,41,47)/b13-11+,23-12+/t24-,28-,29+,30+,36?,37-,38?,39+/m1/s1. The van der Waals surface area contributed by atoms with Crippen LogP contribution in [0.3, 0.4) is 0 Å². The molecule has 306 valence electrons. The van der Waals surface area contributed by atoms with Crippen molar-refractivity contribution in [2.45, 2.75) is 119 Å². The van der Waals surface area contributed by atoms with Crippen LogP contribution in [0.1, 0.15) is 72.3 Å². The number of likely N-dealkylation sites (N-methyl/N-ethyl adjacent to an activating group) is 1. The van der Waals surface area contributed by atoms with Crippen molar-refractivity contribution in [1.29, 1.82) is 0 Å². The number of esters is 1. The third kappa shape index (κ3) is 10.2. The van der Waals surface area contributed by atoms with Crippen molar-refractivity contribution in [2.24, 2.45) is 0 Å².